The van der Waals surface area contributed by atoms with Gasteiger partial charge in [-0.3, -0.25) is 4.98 Å². The molecule has 2 heterocycles. The number of rotatable bonds is 3. The Morgan fingerprint density at radius 2 is 2.10 bits per heavy atom. The van der Waals surface area contributed by atoms with Crippen molar-refractivity contribution in [2.75, 3.05) is 0 Å². The first-order valence-electron chi connectivity index (χ1n) is 6.41. The van der Waals surface area contributed by atoms with Crippen LogP contribution in [0.5, 0.6) is 0 Å². The van der Waals surface area contributed by atoms with Gasteiger partial charge in [-0.25, -0.2) is 0 Å². The van der Waals surface area contributed by atoms with Crippen LogP contribution in [0.2, 0.25) is 0 Å². The van der Waals surface area contributed by atoms with Gasteiger partial charge in [0.1, 0.15) is 0 Å². The van der Waals surface area contributed by atoms with Gasteiger partial charge in [0.2, 0.25) is 0 Å². The van der Waals surface area contributed by atoms with Crippen molar-refractivity contribution in [3.63, 3.8) is 0 Å². The molecule has 3 aromatic rings. The van der Waals surface area contributed by atoms with Gasteiger partial charge in [0.05, 0.1) is 18.7 Å². The molecule has 3 rings (SSSR count). The van der Waals surface area contributed by atoms with Gasteiger partial charge in [-0.05, 0) is 29.8 Å². The first-order valence-corrected chi connectivity index (χ1v) is 6.41. The first kappa shape index (κ1) is 12.7. The summed E-state index contributed by atoms with van der Waals surface area (Å²) in [6.07, 6.45) is -0.341. The fraction of sp³-hybridized carbons (Fsp3) is 0.286. The maximum Gasteiger partial charge on any atom is 0.177 e. The van der Waals surface area contributed by atoms with Crippen molar-refractivity contribution in [1.82, 2.24) is 25.2 Å². The highest BCUT2D eigenvalue weighted by Gasteiger charge is 2.16. The van der Waals surface area contributed by atoms with Crippen LogP contribution in [0.25, 0.3) is 10.9 Å². The van der Waals surface area contributed by atoms with Crippen molar-refractivity contribution >= 4 is 10.9 Å². The molecule has 102 valence electrons. The molecule has 2 aromatic heterocycles. The number of fused-ring (bicyclic) bond motifs is 1. The second-order valence-corrected chi connectivity index (χ2v) is 4.79. The molecule has 0 saturated heterocycles. The predicted octanol–water partition coefficient (Wildman–Crippen LogP) is 1.34. The fourth-order valence-electron chi connectivity index (χ4n) is 2.30. The number of aromatic nitrogens is 5. The van der Waals surface area contributed by atoms with Crippen LogP contribution in [0.1, 0.15) is 23.2 Å². The topological polar surface area (TPSA) is 76.7 Å². The number of hydrogen-bond donors (Lipinski definition) is 1. The molecular weight excluding hydrogens is 254 g/mol. The molecule has 0 fully saturated rings. The number of pyridine rings is 1. The fourth-order valence-corrected chi connectivity index (χ4v) is 2.30. The Balaban J connectivity index is 2.00. The van der Waals surface area contributed by atoms with E-state index >= 15 is 0 Å². The minimum Gasteiger partial charge on any atom is -0.388 e. The lowest BCUT2D eigenvalue weighted by Gasteiger charge is -2.12. The third-order valence-electron chi connectivity index (χ3n) is 3.16. The number of hydrogen-bond acceptors (Lipinski definition) is 5. The van der Waals surface area contributed by atoms with E-state index in [9.17, 15) is 5.11 Å². The first-order chi connectivity index (χ1) is 9.63. The monoisotopic (exact) mass is 269 g/mol. The number of aryl methyl sites for hydroxylation is 2. The summed E-state index contributed by atoms with van der Waals surface area (Å²) < 4.78 is 0. The third-order valence-corrected chi connectivity index (χ3v) is 3.16. The summed E-state index contributed by atoms with van der Waals surface area (Å²) in [5, 5.41) is 23.2. The molecule has 0 radical (unpaired) electrons. The molecule has 0 aliphatic carbocycles. The Kier molecular flexibility index (Phi) is 3.15. The summed E-state index contributed by atoms with van der Waals surface area (Å²) in [5.41, 5.74) is 2.61. The Bertz CT molecular complexity index is 752. The van der Waals surface area contributed by atoms with Crippen LogP contribution in [-0.2, 0) is 13.5 Å². The molecule has 1 aromatic carbocycles. The van der Waals surface area contributed by atoms with Gasteiger partial charge in [-0.1, -0.05) is 18.2 Å². The maximum atomic E-state index is 10.5. The molecule has 1 unspecified atom stereocenters. The van der Waals surface area contributed by atoms with Crippen LogP contribution < -0.4 is 0 Å². The lowest BCUT2D eigenvalue weighted by atomic mass is 10.0. The van der Waals surface area contributed by atoms with Gasteiger partial charge in [-0.15, -0.1) is 10.2 Å². The quantitative estimate of drug-likeness (QED) is 0.776. The SMILES string of the molecule is Cc1cc(C(O)Cc2nnn(C)n2)c2ccccc2n1. The van der Waals surface area contributed by atoms with Gasteiger partial charge < -0.3 is 5.11 Å². The third kappa shape index (κ3) is 2.37. The van der Waals surface area contributed by atoms with Gasteiger partial charge in [0.15, 0.2) is 5.82 Å². The molecular formula is C14H15N5O. The predicted molar refractivity (Wildman–Crippen MR) is 73.9 cm³/mol. The summed E-state index contributed by atoms with van der Waals surface area (Å²) in [6.45, 7) is 1.92. The van der Waals surface area contributed by atoms with Gasteiger partial charge in [-0.2, -0.15) is 4.80 Å². The standard InChI is InChI=1S/C14H15N5O/c1-9-7-11(10-5-3-4-6-12(10)15-9)13(20)8-14-16-18-19(2)17-14/h3-7,13,20H,8H2,1-2H3. The van der Waals surface area contributed by atoms with E-state index in [1.54, 1.807) is 7.05 Å². The molecule has 0 aliphatic heterocycles. The maximum absolute atomic E-state index is 10.5. The van der Waals surface area contributed by atoms with Crippen molar-refractivity contribution in [2.24, 2.45) is 7.05 Å². The van der Waals surface area contributed by atoms with Crippen LogP contribution in [0, 0.1) is 6.92 Å². The zero-order valence-corrected chi connectivity index (χ0v) is 11.4. The average molecular weight is 269 g/mol. The summed E-state index contributed by atoms with van der Waals surface area (Å²) in [4.78, 5) is 5.86. The highest BCUT2D eigenvalue weighted by Crippen LogP contribution is 2.25. The molecule has 0 saturated carbocycles. The van der Waals surface area contributed by atoms with Gasteiger partial charge >= 0.3 is 0 Å². The van der Waals surface area contributed by atoms with Crippen LogP contribution in [0.3, 0.4) is 0 Å². The molecule has 6 heteroatoms. The molecule has 1 N–H and O–H groups in total. The number of aliphatic hydroxyl groups is 1. The second kappa shape index (κ2) is 4.97. The Hall–Kier alpha value is -2.34. The summed E-state index contributed by atoms with van der Waals surface area (Å²) in [6, 6.07) is 9.69. The van der Waals surface area contributed by atoms with E-state index in [0.717, 1.165) is 22.2 Å². The van der Waals surface area contributed by atoms with E-state index in [4.69, 9.17) is 0 Å². The number of tetrazole rings is 1. The van der Waals surface area contributed by atoms with Crippen molar-refractivity contribution < 1.29 is 5.11 Å². The smallest absolute Gasteiger partial charge is 0.177 e. The van der Waals surface area contributed by atoms with Crippen LogP contribution in [0.4, 0.5) is 0 Å². The zero-order valence-electron chi connectivity index (χ0n) is 11.4. The summed E-state index contributed by atoms with van der Waals surface area (Å²) in [7, 11) is 1.70. The lowest BCUT2D eigenvalue weighted by molar-refractivity contribution is 0.177. The Labute approximate surface area is 116 Å². The molecule has 0 amide bonds. The van der Waals surface area contributed by atoms with E-state index in [0.29, 0.717) is 12.2 Å². The lowest BCUT2D eigenvalue weighted by Crippen LogP contribution is -2.06. The molecule has 1 atom stereocenters. The van der Waals surface area contributed by atoms with Crippen LogP contribution >= 0.6 is 0 Å². The van der Waals surface area contributed by atoms with Crippen LogP contribution in [0.15, 0.2) is 30.3 Å². The van der Waals surface area contributed by atoms with Crippen molar-refractivity contribution in [3.8, 4) is 0 Å². The number of aliphatic hydroxyl groups excluding tert-OH is 1. The molecule has 6 nitrogen and oxygen atoms in total. The van der Waals surface area contributed by atoms with Gasteiger partial charge in [0.25, 0.3) is 0 Å². The number of para-hydroxylation sites is 1. The van der Waals surface area contributed by atoms with Crippen molar-refractivity contribution in [2.45, 2.75) is 19.4 Å². The van der Waals surface area contributed by atoms with Crippen molar-refractivity contribution in [3.05, 3.63) is 47.4 Å². The average Bonchev–Trinajstić information content (AvgIpc) is 2.83. The highest BCUT2D eigenvalue weighted by atomic mass is 16.3. The van der Waals surface area contributed by atoms with Gasteiger partial charge in [0, 0.05) is 17.5 Å². The van der Waals surface area contributed by atoms with Crippen molar-refractivity contribution in [1.29, 1.82) is 0 Å². The number of nitrogens with zero attached hydrogens (tertiary/aromatic N) is 5. The summed E-state index contributed by atoms with van der Waals surface area (Å²) >= 11 is 0. The second-order valence-electron chi connectivity index (χ2n) is 4.79. The van der Waals surface area contributed by atoms with E-state index in [2.05, 4.69) is 20.4 Å². The minimum absolute atomic E-state index is 0.335. The highest BCUT2D eigenvalue weighted by molar-refractivity contribution is 5.82. The molecule has 0 bridgehead atoms. The van der Waals surface area contributed by atoms with E-state index < -0.39 is 6.10 Å². The zero-order chi connectivity index (χ0) is 14.1. The minimum atomic E-state index is -0.675. The molecule has 0 aliphatic rings. The normalized spacial score (nSPS) is 12.8. The Morgan fingerprint density at radius 3 is 2.85 bits per heavy atom. The van der Waals surface area contributed by atoms with E-state index in [-0.39, 0.29) is 0 Å². The molecule has 0 spiro atoms. The Morgan fingerprint density at radius 1 is 1.30 bits per heavy atom. The van der Waals surface area contributed by atoms with E-state index in [1.807, 2.05) is 37.3 Å². The summed E-state index contributed by atoms with van der Waals surface area (Å²) in [5.74, 6) is 0.526. The number of benzene rings is 1. The largest absolute Gasteiger partial charge is 0.388 e. The van der Waals surface area contributed by atoms with E-state index in [1.165, 1.54) is 4.80 Å². The van der Waals surface area contributed by atoms with Crippen LogP contribution in [-0.4, -0.2) is 30.3 Å². The molecule has 20 heavy (non-hydrogen) atoms.